The lowest BCUT2D eigenvalue weighted by molar-refractivity contribution is 0.0993. The number of halogens is 1. The number of anilines is 2. The van der Waals surface area contributed by atoms with E-state index in [1.165, 1.54) is 17.0 Å². The Bertz CT molecular complexity index is 646. The Hall–Kier alpha value is -2.31. The molecule has 2 aromatic rings. The average Bonchev–Trinajstić information content (AvgIpc) is 2.52. The van der Waals surface area contributed by atoms with Crippen LogP contribution in [-0.4, -0.2) is 25.0 Å². The number of benzene rings is 1. The van der Waals surface area contributed by atoms with Gasteiger partial charge in [0.15, 0.2) is 0 Å². The van der Waals surface area contributed by atoms with Gasteiger partial charge in [-0.25, -0.2) is 10.8 Å². The lowest BCUT2D eigenvalue weighted by atomic mass is 10.2. The van der Waals surface area contributed by atoms with Gasteiger partial charge in [-0.3, -0.25) is 4.79 Å². The molecule has 2 rings (SSSR count). The van der Waals surface area contributed by atoms with Crippen LogP contribution in [0.1, 0.15) is 10.4 Å². The number of hydrogen-bond acceptors (Lipinski definition) is 5. The van der Waals surface area contributed by atoms with Crippen LogP contribution in [0, 0.1) is 0 Å². The minimum Gasteiger partial charge on any atom is -0.497 e. The highest BCUT2D eigenvalue weighted by atomic mass is 35.5. The maximum atomic E-state index is 12.5. The molecule has 0 fully saturated rings. The summed E-state index contributed by atoms with van der Waals surface area (Å²) in [7, 11) is 3.26. The first-order chi connectivity index (χ1) is 10.0. The van der Waals surface area contributed by atoms with E-state index in [0.717, 1.165) is 11.4 Å². The molecule has 1 amide bonds. The molecule has 110 valence electrons. The predicted octanol–water partition coefficient (Wildman–Crippen LogP) is 2.31. The van der Waals surface area contributed by atoms with E-state index in [1.807, 2.05) is 0 Å². The van der Waals surface area contributed by atoms with Gasteiger partial charge in [-0.15, -0.1) is 0 Å². The van der Waals surface area contributed by atoms with E-state index >= 15 is 0 Å². The molecule has 1 heterocycles. The van der Waals surface area contributed by atoms with Crippen molar-refractivity contribution < 1.29 is 9.53 Å². The van der Waals surface area contributed by atoms with Crippen molar-refractivity contribution in [1.82, 2.24) is 4.98 Å². The minimum atomic E-state index is -0.221. The van der Waals surface area contributed by atoms with Crippen LogP contribution in [0.3, 0.4) is 0 Å². The molecule has 0 aliphatic rings. The zero-order valence-corrected chi connectivity index (χ0v) is 12.4. The summed E-state index contributed by atoms with van der Waals surface area (Å²) in [6, 6.07) is 10.2. The number of nitrogens with zero attached hydrogens (tertiary/aromatic N) is 2. The highest BCUT2D eigenvalue weighted by molar-refractivity contribution is 6.30. The highest BCUT2D eigenvalue weighted by Crippen LogP contribution is 2.21. The Morgan fingerprint density at radius 2 is 2.00 bits per heavy atom. The van der Waals surface area contributed by atoms with Crippen LogP contribution in [-0.2, 0) is 0 Å². The SMILES string of the molecule is COc1ccc(N(C)C(=O)c2cc(Cl)nc(NN)c2)cc1. The molecule has 6 nitrogen and oxygen atoms in total. The van der Waals surface area contributed by atoms with Gasteiger partial charge in [0.2, 0.25) is 0 Å². The number of carbonyl (C=O) groups is 1. The number of pyridine rings is 1. The van der Waals surface area contributed by atoms with Crippen molar-refractivity contribution in [2.75, 3.05) is 24.5 Å². The summed E-state index contributed by atoms with van der Waals surface area (Å²) in [6.07, 6.45) is 0. The standard InChI is InChI=1S/C14H15ClN4O2/c1-19(10-3-5-11(21-2)6-4-10)14(20)9-7-12(15)17-13(8-9)18-16/h3-8H,16H2,1-2H3,(H,17,18). The fourth-order valence-electron chi connectivity index (χ4n) is 1.81. The van der Waals surface area contributed by atoms with Crippen LogP contribution in [0.4, 0.5) is 11.5 Å². The molecule has 0 saturated carbocycles. The van der Waals surface area contributed by atoms with E-state index in [0.29, 0.717) is 11.4 Å². The third-order valence-electron chi connectivity index (χ3n) is 2.95. The van der Waals surface area contributed by atoms with Crippen molar-refractivity contribution in [3.8, 4) is 5.75 Å². The average molecular weight is 307 g/mol. The summed E-state index contributed by atoms with van der Waals surface area (Å²) in [6.45, 7) is 0. The van der Waals surface area contributed by atoms with Crippen molar-refractivity contribution in [3.05, 3.63) is 47.1 Å². The van der Waals surface area contributed by atoms with Gasteiger partial charge in [-0.05, 0) is 36.4 Å². The molecule has 0 aliphatic carbocycles. The topological polar surface area (TPSA) is 80.5 Å². The van der Waals surface area contributed by atoms with E-state index < -0.39 is 0 Å². The van der Waals surface area contributed by atoms with Crippen LogP contribution in [0.25, 0.3) is 0 Å². The van der Waals surface area contributed by atoms with E-state index in [2.05, 4.69) is 10.4 Å². The summed E-state index contributed by atoms with van der Waals surface area (Å²) < 4.78 is 5.09. The predicted molar refractivity (Wildman–Crippen MR) is 82.8 cm³/mol. The molecular weight excluding hydrogens is 292 g/mol. The molecule has 1 aromatic carbocycles. The first kappa shape index (κ1) is 15.1. The van der Waals surface area contributed by atoms with Gasteiger partial charge in [-0.2, -0.15) is 0 Å². The van der Waals surface area contributed by atoms with Gasteiger partial charge in [-0.1, -0.05) is 11.6 Å². The minimum absolute atomic E-state index is 0.192. The normalized spacial score (nSPS) is 10.1. The number of hydrogen-bond donors (Lipinski definition) is 2. The van der Waals surface area contributed by atoms with Crippen LogP contribution in [0.5, 0.6) is 5.75 Å². The number of nitrogens with two attached hydrogens (primary N) is 1. The van der Waals surface area contributed by atoms with Crippen molar-refractivity contribution >= 4 is 29.0 Å². The Balaban J connectivity index is 2.27. The molecule has 21 heavy (non-hydrogen) atoms. The quantitative estimate of drug-likeness (QED) is 0.515. The van der Waals surface area contributed by atoms with E-state index in [1.54, 1.807) is 38.4 Å². The number of aromatic nitrogens is 1. The van der Waals surface area contributed by atoms with Crippen LogP contribution < -0.4 is 20.9 Å². The molecule has 7 heteroatoms. The largest absolute Gasteiger partial charge is 0.497 e. The van der Waals surface area contributed by atoms with Crippen molar-refractivity contribution in [3.63, 3.8) is 0 Å². The first-order valence-electron chi connectivity index (χ1n) is 6.11. The van der Waals surface area contributed by atoms with Gasteiger partial charge in [0, 0.05) is 18.3 Å². The smallest absolute Gasteiger partial charge is 0.258 e. The van der Waals surface area contributed by atoms with Crippen LogP contribution in [0.2, 0.25) is 5.15 Å². The zero-order valence-electron chi connectivity index (χ0n) is 11.6. The van der Waals surface area contributed by atoms with E-state index in [9.17, 15) is 4.79 Å². The molecular formula is C14H15ClN4O2. The van der Waals surface area contributed by atoms with Gasteiger partial charge in [0.1, 0.15) is 16.7 Å². The molecule has 0 atom stereocenters. The summed E-state index contributed by atoms with van der Waals surface area (Å²) in [5, 5.41) is 0.192. The maximum absolute atomic E-state index is 12.5. The Kier molecular flexibility index (Phi) is 4.62. The monoisotopic (exact) mass is 306 g/mol. The van der Waals surface area contributed by atoms with E-state index in [4.69, 9.17) is 22.2 Å². The molecule has 0 saturated heterocycles. The van der Waals surface area contributed by atoms with Crippen molar-refractivity contribution in [2.45, 2.75) is 0 Å². The lowest BCUT2D eigenvalue weighted by Gasteiger charge is -2.18. The zero-order chi connectivity index (χ0) is 15.4. The number of ether oxygens (including phenoxy) is 1. The second-order valence-electron chi connectivity index (χ2n) is 4.27. The molecule has 0 bridgehead atoms. The van der Waals surface area contributed by atoms with Crippen molar-refractivity contribution in [2.24, 2.45) is 5.84 Å². The summed E-state index contributed by atoms with van der Waals surface area (Å²) in [5.41, 5.74) is 3.50. The number of methoxy groups -OCH3 is 1. The summed E-state index contributed by atoms with van der Waals surface area (Å²) in [4.78, 5) is 17.9. The number of rotatable bonds is 4. The van der Waals surface area contributed by atoms with Crippen LogP contribution >= 0.6 is 11.6 Å². The van der Waals surface area contributed by atoms with Crippen molar-refractivity contribution in [1.29, 1.82) is 0 Å². The lowest BCUT2D eigenvalue weighted by Crippen LogP contribution is -2.26. The summed E-state index contributed by atoms with van der Waals surface area (Å²) >= 11 is 5.87. The molecule has 0 aliphatic heterocycles. The Morgan fingerprint density at radius 3 is 2.57 bits per heavy atom. The van der Waals surface area contributed by atoms with E-state index in [-0.39, 0.29) is 11.1 Å². The second-order valence-corrected chi connectivity index (χ2v) is 4.66. The number of nitrogen functional groups attached to an aromatic ring is 1. The fourth-order valence-corrected chi connectivity index (χ4v) is 2.02. The fraction of sp³-hybridized carbons (Fsp3) is 0.143. The molecule has 0 spiro atoms. The summed E-state index contributed by atoms with van der Waals surface area (Å²) in [5.74, 6) is 6.13. The Morgan fingerprint density at radius 1 is 1.33 bits per heavy atom. The van der Waals surface area contributed by atoms with Gasteiger partial charge in [0.05, 0.1) is 7.11 Å². The number of carbonyl (C=O) groups excluding carboxylic acids is 1. The maximum Gasteiger partial charge on any atom is 0.258 e. The second kappa shape index (κ2) is 6.43. The Labute approximate surface area is 127 Å². The molecule has 3 N–H and O–H groups in total. The van der Waals surface area contributed by atoms with Crippen LogP contribution in [0.15, 0.2) is 36.4 Å². The first-order valence-corrected chi connectivity index (χ1v) is 6.49. The number of nitrogens with one attached hydrogen (secondary N) is 1. The molecule has 0 radical (unpaired) electrons. The molecule has 0 unspecified atom stereocenters. The van der Waals surface area contributed by atoms with Gasteiger partial charge < -0.3 is 15.1 Å². The number of hydrazine groups is 1. The third kappa shape index (κ3) is 3.42. The number of amides is 1. The molecule has 1 aromatic heterocycles. The van der Waals surface area contributed by atoms with Gasteiger partial charge in [0.25, 0.3) is 5.91 Å². The van der Waals surface area contributed by atoms with Gasteiger partial charge >= 0.3 is 0 Å². The highest BCUT2D eigenvalue weighted by Gasteiger charge is 2.15. The third-order valence-corrected chi connectivity index (χ3v) is 3.15.